The zero-order valence-electron chi connectivity index (χ0n) is 18.7. The van der Waals surface area contributed by atoms with Crippen LogP contribution in [0.1, 0.15) is 40.6 Å². The maximum absolute atomic E-state index is 13.8. The van der Waals surface area contributed by atoms with Crippen molar-refractivity contribution in [2.75, 3.05) is 12.4 Å². The van der Waals surface area contributed by atoms with E-state index >= 15 is 0 Å². The van der Waals surface area contributed by atoms with Gasteiger partial charge in [-0.25, -0.2) is 0 Å². The van der Waals surface area contributed by atoms with Crippen LogP contribution in [0.15, 0.2) is 71.2 Å². The first kappa shape index (κ1) is 24.1. The van der Waals surface area contributed by atoms with Crippen molar-refractivity contribution in [1.82, 2.24) is 0 Å². The van der Waals surface area contributed by atoms with Gasteiger partial charge >= 0.3 is 6.18 Å². The van der Waals surface area contributed by atoms with Gasteiger partial charge in [-0.2, -0.15) is 13.2 Å². The Balaban J connectivity index is 1.52. The average molecular weight is 565 g/mol. The summed E-state index contributed by atoms with van der Waals surface area (Å²) < 4.78 is 53.9. The molecule has 3 nitrogen and oxygen atoms in total. The third-order valence-corrected chi connectivity index (χ3v) is 7.52. The van der Waals surface area contributed by atoms with Crippen LogP contribution in [-0.2, 0) is 12.8 Å². The van der Waals surface area contributed by atoms with E-state index in [2.05, 4.69) is 21.2 Å². The van der Waals surface area contributed by atoms with Crippen LogP contribution in [0, 0.1) is 5.92 Å². The van der Waals surface area contributed by atoms with Crippen molar-refractivity contribution >= 4 is 33.2 Å². The fraction of sp³-hybridized carbons (Fsp3) is 0.259. The third kappa shape index (κ3) is 4.52. The van der Waals surface area contributed by atoms with Gasteiger partial charge in [0, 0.05) is 5.92 Å². The molecule has 2 aliphatic rings. The Morgan fingerprint density at radius 1 is 1.11 bits per heavy atom. The third-order valence-electron chi connectivity index (χ3n) is 6.61. The molecule has 3 aromatic rings. The first-order valence-electron chi connectivity index (χ1n) is 11.1. The zero-order valence-corrected chi connectivity index (χ0v) is 21.0. The number of fused-ring (bicyclic) bond motifs is 3. The lowest BCUT2D eigenvalue weighted by Gasteiger charge is -2.39. The lowest BCUT2D eigenvalue weighted by Crippen LogP contribution is -2.31. The number of ether oxygens (including phenoxy) is 2. The molecule has 5 rings (SSSR count). The molecular weight excluding hydrogens is 543 g/mol. The van der Waals surface area contributed by atoms with Crippen molar-refractivity contribution in [3.8, 4) is 11.5 Å². The van der Waals surface area contributed by atoms with E-state index in [4.69, 9.17) is 21.1 Å². The number of hydrogen-bond donors (Lipinski definition) is 1. The minimum Gasteiger partial charge on any atom is -0.493 e. The molecule has 0 amide bonds. The SMILES string of the molecule is COc1cc([C@@H]2Nc3c(Cl)ccc(C(F)(F)F)c3[C@H]3C=CC[C@@H]32)cc(Br)c1OCc1ccccc1. The van der Waals surface area contributed by atoms with Gasteiger partial charge in [0.1, 0.15) is 6.61 Å². The lowest BCUT2D eigenvalue weighted by molar-refractivity contribution is -0.138. The summed E-state index contributed by atoms with van der Waals surface area (Å²) in [7, 11) is 1.57. The molecule has 3 aromatic carbocycles. The van der Waals surface area contributed by atoms with E-state index in [-0.39, 0.29) is 22.5 Å². The Morgan fingerprint density at radius 2 is 1.89 bits per heavy atom. The molecule has 0 spiro atoms. The first-order chi connectivity index (χ1) is 16.8. The molecule has 182 valence electrons. The molecule has 0 radical (unpaired) electrons. The van der Waals surface area contributed by atoms with E-state index in [1.54, 1.807) is 7.11 Å². The number of benzene rings is 3. The van der Waals surface area contributed by atoms with Gasteiger partial charge in [0.25, 0.3) is 0 Å². The van der Waals surface area contributed by atoms with Gasteiger partial charge in [-0.15, -0.1) is 0 Å². The van der Waals surface area contributed by atoms with Crippen LogP contribution in [0.5, 0.6) is 11.5 Å². The quantitative estimate of drug-likeness (QED) is 0.315. The van der Waals surface area contributed by atoms with Crippen LogP contribution < -0.4 is 14.8 Å². The molecule has 0 saturated heterocycles. The van der Waals surface area contributed by atoms with E-state index in [0.717, 1.165) is 17.2 Å². The highest BCUT2D eigenvalue weighted by atomic mass is 79.9. The minimum absolute atomic E-state index is 0.102. The number of alkyl halides is 3. The minimum atomic E-state index is -4.46. The predicted octanol–water partition coefficient (Wildman–Crippen LogP) is 8.54. The van der Waals surface area contributed by atoms with Gasteiger partial charge in [0.15, 0.2) is 11.5 Å². The summed E-state index contributed by atoms with van der Waals surface area (Å²) in [6.07, 6.45) is 0.00223. The van der Waals surface area contributed by atoms with Crippen LogP contribution in [0.25, 0.3) is 0 Å². The van der Waals surface area contributed by atoms with Gasteiger partial charge in [-0.05, 0) is 69.2 Å². The van der Waals surface area contributed by atoms with Gasteiger partial charge in [0.2, 0.25) is 0 Å². The Bertz CT molecular complexity index is 1280. The monoisotopic (exact) mass is 563 g/mol. The van der Waals surface area contributed by atoms with Crippen molar-refractivity contribution in [2.45, 2.75) is 31.2 Å². The zero-order chi connectivity index (χ0) is 24.7. The van der Waals surface area contributed by atoms with E-state index in [1.807, 2.05) is 54.6 Å². The fourth-order valence-corrected chi connectivity index (χ4v) is 5.83. The molecule has 35 heavy (non-hydrogen) atoms. The molecule has 0 unspecified atom stereocenters. The molecular formula is C27H22BrClF3NO2. The molecule has 0 saturated carbocycles. The maximum atomic E-state index is 13.8. The molecule has 0 aromatic heterocycles. The van der Waals surface area contributed by atoms with Gasteiger partial charge in [-0.1, -0.05) is 54.1 Å². The second-order valence-corrected chi connectivity index (χ2v) is 9.93. The van der Waals surface area contributed by atoms with Crippen molar-refractivity contribution < 1.29 is 22.6 Å². The summed E-state index contributed by atoms with van der Waals surface area (Å²) in [6, 6.07) is 15.7. The normalized spacial score (nSPS) is 20.7. The van der Waals surface area contributed by atoms with Gasteiger partial charge in [-0.3, -0.25) is 0 Å². The summed E-state index contributed by atoms with van der Waals surface area (Å²) in [6.45, 7) is 0.370. The maximum Gasteiger partial charge on any atom is 0.416 e. The average Bonchev–Trinajstić information content (AvgIpc) is 3.33. The Kier molecular flexibility index (Phi) is 6.49. The number of anilines is 1. The number of halogens is 5. The standard InChI is InChI=1S/C27H22BrClF3NO2/c1-34-22-13-16(12-20(28)26(22)35-14-15-6-3-2-4-7-15)24-18-9-5-8-17(18)23-19(27(30,31)32)10-11-21(29)25(23)33-24/h2-8,10-13,17-18,24,33H,9,14H2,1H3/t17-,18-,24-/m0/s1. The second kappa shape index (κ2) is 9.43. The Morgan fingerprint density at radius 3 is 2.60 bits per heavy atom. The largest absolute Gasteiger partial charge is 0.493 e. The van der Waals surface area contributed by atoms with E-state index in [0.29, 0.717) is 34.7 Å². The smallest absolute Gasteiger partial charge is 0.416 e. The van der Waals surface area contributed by atoms with Crippen molar-refractivity contribution in [3.05, 3.63) is 98.5 Å². The van der Waals surface area contributed by atoms with E-state index in [9.17, 15) is 13.2 Å². The molecule has 1 aliphatic heterocycles. The number of nitrogens with one attached hydrogen (secondary N) is 1. The number of methoxy groups -OCH3 is 1. The molecule has 1 N–H and O–H groups in total. The summed E-state index contributed by atoms with van der Waals surface area (Å²) in [5, 5.41) is 3.60. The van der Waals surface area contributed by atoms with Crippen LogP contribution in [-0.4, -0.2) is 7.11 Å². The Labute approximate surface area is 215 Å². The van der Waals surface area contributed by atoms with E-state index in [1.165, 1.54) is 6.07 Å². The summed E-state index contributed by atoms with van der Waals surface area (Å²) >= 11 is 10.0. The van der Waals surface area contributed by atoms with Crippen molar-refractivity contribution in [2.24, 2.45) is 5.92 Å². The Hall–Kier alpha value is -2.64. The summed E-state index contributed by atoms with van der Waals surface area (Å²) in [5.41, 5.74) is 1.80. The van der Waals surface area contributed by atoms with Crippen LogP contribution in [0.2, 0.25) is 5.02 Å². The highest BCUT2D eigenvalue weighted by molar-refractivity contribution is 9.10. The molecule has 1 aliphatic carbocycles. The van der Waals surface area contributed by atoms with Crippen LogP contribution >= 0.6 is 27.5 Å². The van der Waals surface area contributed by atoms with Crippen molar-refractivity contribution in [3.63, 3.8) is 0 Å². The highest BCUT2D eigenvalue weighted by Crippen LogP contribution is 2.55. The summed E-state index contributed by atoms with van der Waals surface area (Å²) in [4.78, 5) is 0. The highest BCUT2D eigenvalue weighted by Gasteiger charge is 2.45. The number of rotatable bonds is 5. The predicted molar refractivity (Wildman–Crippen MR) is 134 cm³/mol. The molecule has 1 heterocycles. The molecule has 0 bridgehead atoms. The molecule has 0 fully saturated rings. The molecule has 8 heteroatoms. The number of hydrogen-bond acceptors (Lipinski definition) is 3. The molecule has 3 atom stereocenters. The number of allylic oxidation sites excluding steroid dienone is 2. The topological polar surface area (TPSA) is 30.5 Å². The summed E-state index contributed by atoms with van der Waals surface area (Å²) in [5.74, 6) is 0.602. The first-order valence-corrected chi connectivity index (χ1v) is 12.3. The fourth-order valence-electron chi connectivity index (χ4n) is 5.04. The van der Waals surface area contributed by atoms with Gasteiger partial charge < -0.3 is 14.8 Å². The van der Waals surface area contributed by atoms with Crippen molar-refractivity contribution in [1.29, 1.82) is 0 Å². The van der Waals surface area contributed by atoms with Gasteiger partial charge in [0.05, 0.1) is 33.9 Å². The lowest BCUT2D eigenvalue weighted by atomic mass is 9.75. The second-order valence-electron chi connectivity index (χ2n) is 8.67. The van der Waals surface area contributed by atoms with Crippen LogP contribution in [0.4, 0.5) is 18.9 Å². The van der Waals surface area contributed by atoms with E-state index < -0.39 is 17.7 Å². The van der Waals surface area contributed by atoms with Crippen LogP contribution in [0.3, 0.4) is 0 Å².